The van der Waals surface area contributed by atoms with Crippen LogP contribution in [0.3, 0.4) is 0 Å². The number of benzene rings is 1. The van der Waals surface area contributed by atoms with Gasteiger partial charge in [0.15, 0.2) is 5.78 Å². The number of carbonyl (C=O) groups is 1. The Balaban J connectivity index is 3.25. The molecule has 0 aliphatic rings. The molecule has 0 bridgehead atoms. The van der Waals surface area contributed by atoms with E-state index in [0.717, 1.165) is 0 Å². The van der Waals surface area contributed by atoms with Crippen molar-refractivity contribution in [3.8, 4) is 11.5 Å². The molecule has 3 nitrogen and oxygen atoms in total. The zero-order valence-corrected chi connectivity index (χ0v) is 9.72. The minimum Gasteiger partial charge on any atom is -0.495 e. The summed E-state index contributed by atoms with van der Waals surface area (Å²) in [6.07, 6.45) is 0. The maximum atomic E-state index is 11.3. The predicted molar refractivity (Wildman–Crippen MR) is 59.2 cm³/mol. The van der Waals surface area contributed by atoms with E-state index in [1.807, 2.05) is 6.92 Å². The number of hydrogen-bond acceptors (Lipinski definition) is 3. The van der Waals surface area contributed by atoms with Gasteiger partial charge in [0.25, 0.3) is 0 Å². The van der Waals surface area contributed by atoms with Crippen LogP contribution in [0, 0.1) is 0 Å². The Morgan fingerprint density at radius 2 is 2.07 bits per heavy atom. The van der Waals surface area contributed by atoms with E-state index in [2.05, 4.69) is 0 Å². The summed E-state index contributed by atoms with van der Waals surface area (Å²) in [4.78, 5) is 11.3. The molecule has 0 atom stereocenters. The molecule has 0 unspecified atom stereocenters. The summed E-state index contributed by atoms with van der Waals surface area (Å²) in [7, 11) is 1.52. The van der Waals surface area contributed by atoms with Crippen LogP contribution in [0.4, 0.5) is 0 Å². The monoisotopic (exact) mass is 228 g/mol. The Morgan fingerprint density at radius 1 is 1.40 bits per heavy atom. The molecule has 15 heavy (non-hydrogen) atoms. The number of methoxy groups -OCH3 is 1. The Kier molecular flexibility index (Phi) is 3.97. The van der Waals surface area contributed by atoms with Crippen LogP contribution < -0.4 is 9.47 Å². The van der Waals surface area contributed by atoms with Gasteiger partial charge in [-0.15, -0.1) is 0 Å². The van der Waals surface area contributed by atoms with Gasteiger partial charge < -0.3 is 9.47 Å². The third-order valence-corrected chi connectivity index (χ3v) is 2.23. The van der Waals surface area contributed by atoms with Crippen molar-refractivity contribution in [1.29, 1.82) is 0 Å². The van der Waals surface area contributed by atoms with Crippen molar-refractivity contribution in [3.05, 3.63) is 22.7 Å². The molecule has 0 aliphatic carbocycles. The molecule has 1 rings (SSSR count). The second-order valence-electron chi connectivity index (χ2n) is 2.97. The van der Waals surface area contributed by atoms with Gasteiger partial charge in [0.05, 0.1) is 24.3 Å². The van der Waals surface area contributed by atoms with Crippen LogP contribution in [0.5, 0.6) is 11.5 Å². The first-order chi connectivity index (χ1) is 7.10. The molecule has 4 heteroatoms. The number of rotatable bonds is 4. The molecule has 0 heterocycles. The van der Waals surface area contributed by atoms with E-state index in [-0.39, 0.29) is 5.78 Å². The highest BCUT2D eigenvalue weighted by Gasteiger charge is 2.13. The lowest BCUT2D eigenvalue weighted by Crippen LogP contribution is -2.01. The molecule has 0 radical (unpaired) electrons. The largest absolute Gasteiger partial charge is 0.495 e. The smallest absolute Gasteiger partial charge is 0.163 e. The first-order valence-corrected chi connectivity index (χ1v) is 4.99. The highest BCUT2D eigenvalue weighted by molar-refractivity contribution is 6.32. The minimum absolute atomic E-state index is 0.0806. The van der Waals surface area contributed by atoms with Crippen molar-refractivity contribution in [2.45, 2.75) is 13.8 Å². The molecule has 0 N–H and O–H groups in total. The van der Waals surface area contributed by atoms with E-state index in [1.165, 1.54) is 14.0 Å². The second-order valence-corrected chi connectivity index (χ2v) is 3.38. The molecule has 1 aromatic carbocycles. The standard InChI is InChI=1S/C11H13ClO3/c1-4-15-10-6-11(14-3)9(12)5-8(10)7(2)13/h5-6H,4H2,1-3H3. The Morgan fingerprint density at radius 3 is 2.53 bits per heavy atom. The average molecular weight is 229 g/mol. The summed E-state index contributed by atoms with van der Waals surface area (Å²) in [6.45, 7) is 3.82. The van der Waals surface area contributed by atoms with Crippen LogP contribution in [-0.4, -0.2) is 19.5 Å². The summed E-state index contributed by atoms with van der Waals surface area (Å²) < 4.78 is 10.4. The van der Waals surface area contributed by atoms with Crippen LogP contribution >= 0.6 is 11.6 Å². The maximum Gasteiger partial charge on any atom is 0.163 e. The van der Waals surface area contributed by atoms with Crippen LogP contribution in [0.1, 0.15) is 24.2 Å². The molecule has 0 aliphatic heterocycles. The Bertz CT molecular complexity index is 374. The molecule has 82 valence electrons. The zero-order valence-electron chi connectivity index (χ0n) is 8.96. The molecule has 0 amide bonds. The van der Waals surface area contributed by atoms with Crippen LogP contribution in [0.2, 0.25) is 5.02 Å². The topological polar surface area (TPSA) is 35.5 Å². The van der Waals surface area contributed by atoms with Gasteiger partial charge in [0.1, 0.15) is 11.5 Å². The van der Waals surface area contributed by atoms with Crippen molar-refractivity contribution < 1.29 is 14.3 Å². The summed E-state index contributed by atoms with van der Waals surface area (Å²) in [6, 6.07) is 3.19. The van der Waals surface area contributed by atoms with Gasteiger partial charge in [-0.05, 0) is 19.9 Å². The lowest BCUT2D eigenvalue weighted by atomic mass is 10.1. The quantitative estimate of drug-likeness (QED) is 0.744. The van der Waals surface area contributed by atoms with E-state index in [4.69, 9.17) is 21.1 Å². The van der Waals surface area contributed by atoms with Crippen LogP contribution in [-0.2, 0) is 0 Å². The van der Waals surface area contributed by atoms with Gasteiger partial charge >= 0.3 is 0 Å². The van der Waals surface area contributed by atoms with Crippen molar-refractivity contribution in [2.75, 3.05) is 13.7 Å². The van der Waals surface area contributed by atoms with Gasteiger partial charge in [-0.3, -0.25) is 4.79 Å². The van der Waals surface area contributed by atoms with Gasteiger partial charge in [-0.2, -0.15) is 0 Å². The third-order valence-electron chi connectivity index (χ3n) is 1.93. The first-order valence-electron chi connectivity index (χ1n) is 4.61. The normalized spacial score (nSPS) is 9.87. The Hall–Kier alpha value is -1.22. The molecule has 0 spiro atoms. The number of Topliss-reactive ketones (excluding diaryl/α,β-unsaturated/α-hetero) is 1. The van der Waals surface area contributed by atoms with Gasteiger partial charge in [0.2, 0.25) is 0 Å². The average Bonchev–Trinajstić information content (AvgIpc) is 2.20. The van der Waals surface area contributed by atoms with Crippen molar-refractivity contribution in [1.82, 2.24) is 0 Å². The van der Waals surface area contributed by atoms with Crippen molar-refractivity contribution in [3.63, 3.8) is 0 Å². The summed E-state index contributed by atoms with van der Waals surface area (Å²) in [5, 5.41) is 0.408. The van der Waals surface area contributed by atoms with E-state index in [0.29, 0.717) is 28.7 Å². The van der Waals surface area contributed by atoms with Gasteiger partial charge in [-0.1, -0.05) is 11.6 Å². The fraction of sp³-hybridized carbons (Fsp3) is 0.364. The van der Waals surface area contributed by atoms with Crippen LogP contribution in [0.15, 0.2) is 12.1 Å². The van der Waals surface area contributed by atoms with E-state index in [9.17, 15) is 4.79 Å². The zero-order chi connectivity index (χ0) is 11.4. The second kappa shape index (κ2) is 5.03. The van der Waals surface area contributed by atoms with Gasteiger partial charge in [-0.25, -0.2) is 0 Å². The highest BCUT2D eigenvalue weighted by atomic mass is 35.5. The molecule has 1 aromatic rings. The number of ketones is 1. The number of halogens is 1. The number of ether oxygens (including phenoxy) is 2. The van der Waals surface area contributed by atoms with E-state index < -0.39 is 0 Å². The predicted octanol–water partition coefficient (Wildman–Crippen LogP) is 2.95. The lowest BCUT2D eigenvalue weighted by molar-refractivity contribution is 0.101. The third kappa shape index (κ3) is 2.63. The van der Waals surface area contributed by atoms with Crippen LogP contribution in [0.25, 0.3) is 0 Å². The molecular formula is C11H13ClO3. The number of carbonyl (C=O) groups excluding carboxylic acids is 1. The van der Waals surface area contributed by atoms with E-state index in [1.54, 1.807) is 12.1 Å². The van der Waals surface area contributed by atoms with E-state index >= 15 is 0 Å². The molecular weight excluding hydrogens is 216 g/mol. The Labute approximate surface area is 93.9 Å². The first kappa shape index (κ1) is 11.9. The molecule has 0 saturated carbocycles. The SMILES string of the molecule is CCOc1cc(OC)c(Cl)cc1C(C)=O. The lowest BCUT2D eigenvalue weighted by Gasteiger charge is -2.11. The molecule has 0 aromatic heterocycles. The summed E-state index contributed by atoms with van der Waals surface area (Å²) in [5.74, 6) is 0.930. The highest BCUT2D eigenvalue weighted by Crippen LogP contribution is 2.32. The number of hydrogen-bond donors (Lipinski definition) is 0. The minimum atomic E-state index is -0.0806. The van der Waals surface area contributed by atoms with Crippen molar-refractivity contribution >= 4 is 17.4 Å². The van der Waals surface area contributed by atoms with Crippen molar-refractivity contribution in [2.24, 2.45) is 0 Å². The molecule has 0 fully saturated rings. The summed E-state index contributed by atoms with van der Waals surface area (Å²) in [5.41, 5.74) is 0.475. The van der Waals surface area contributed by atoms with Gasteiger partial charge in [0, 0.05) is 6.07 Å². The summed E-state index contributed by atoms with van der Waals surface area (Å²) >= 11 is 5.91. The fourth-order valence-corrected chi connectivity index (χ4v) is 1.48. The fourth-order valence-electron chi connectivity index (χ4n) is 1.24. The maximum absolute atomic E-state index is 11.3. The molecule has 0 saturated heterocycles.